The first-order chi connectivity index (χ1) is 11.8. The zero-order chi connectivity index (χ0) is 16.4. The summed E-state index contributed by atoms with van der Waals surface area (Å²) < 4.78 is 10.5. The van der Waals surface area contributed by atoms with Crippen LogP contribution < -0.4 is 5.32 Å². The van der Waals surface area contributed by atoms with Crippen molar-refractivity contribution in [2.24, 2.45) is 0 Å². The lowest BCUT2D eigenvalue weighted by Crippen LogP contribution is -2.34. The molecular formula is C17H20N4O3. The zero-order valence-electron chi connectivity index (χ0n) is 13.4. The van der Waals surface area contributed by atoms with Crippen LogP contribution in [0.5, 0.6) is 0 Å². The van der Waals surface area contributed by atoms with Crippen LogP contribution in [0.3, 0.4) is 0 Å². The number of ether oxygens (including phenoxy) is 1. The molecular weight excluding hydrogens is 308 g/mol. The Kier molecular flexibility index (Phi) is 4.25. The second-order valence-corrected chi connectivity index (χ2v) is 6.37. The number of fused-ring (bicyclic) bond motifs is 1. The standard InChI is InChI=1S/C17H20N4O3/c22-14(9-23-10-15-20-17(21-24-15)12-6-7-12)19-13-5-1-3-11-4-2-8-18-16(11)13/h2,4,8,12-13H,1,3,5-7,9-10H2,(H,19,22)/t13-/m0/s1. The van der Waals surface area contributed by atoms with E-state index in [4.69, 9.17) is 9.26 Å². The number of nitrogens with zero attached hydrogens (tertiary/aromatic N) is 3. The minimum atomic E-state index is -0.152. The molecule has 1 atom stereocenters. The van der Waals surface area contributed by atoms with Crippen LogP contribution in [-0.4, -0.2) is 27.6 Å². The molecule has 24 heavy (non-hydrogen) atoms. The summed E-state index contributed by atoms with van der Waals surface area (Å²) in [6.07, 6.45) is 7.00. The number of pyridine rings is 1. The van der Waals surface area contributed by atoms with E-state index in [1.54, 1.807) is 6.20 Å². The van der Waals surface area contributed by atoms with Crippen LogP contribution in [0.1, 0.15) is 60.6 Å². The fourth-order valence-corrected chi connectivity index (χ4v) is 3.05. The third-order valence-electron chi connectivity index (χ3n) is 4.42. The average Bonchev–Trinajstić information content (AvgIpc) is 3.35. The van der Waals surface area contributed by atoms with Crippen molar-refractivity contribution in [1.82, 2.24) is 20.4 Å². The van der Waals surface area contributed by atoms with Gasteiger partial charge in [-0.05, 0) is 43.7 Å². The third kappa shape index (κ3) is 3.46. The summed E-state index contributed by atoms with van der Waals surface area (Å²) >= 11 is 0. The first-order valence-corrected chi connectivity index (χ1v) is 8.43. The van der Waals surface area contributed by atoms with Gasteiger partial charge in [0.1, 0.15) is 13.2 Å². The van der Waals surface area contributed by atoms with Crippen molar-refractivity contribution in [3.63, 3.8) is 0 Å². The first-order valence-electron chi connectivity index (χ1n) is 8.43. The van der Waals surface area contributed by atoms with Crippen LogP contribution in [0.25, 0.3) is 0 Å². The molecule has 0 aromatic carbocycles. The molecule has 126 valence electrons. The fourth-order valence-electron chi connectivity index (χ4n) is 3.05. The number of hydrogen-bond acceptors (Lipinski definition) is 6. The lowest BCUT2D eigenvalue weighted by molar-refractivity contribution is -0.127. The molecule has 2 aromatic rings. The Balaban J connectivity index is 1.26. The SMILES string of the molecule is O=C(COCc1nc(C2CC2)no1)N[C@H]1CCCc2cccnc21. The highest BCUT2D eigenvalue weighted by Crippen LogP contribution is 2.38. The molecule has 7 heteroatoms. The monoisotopic (exact) mass is 328 g/mol. The predicted octanol–water partition coefficient (Wildman–Crippen LogP) is 2.05. The van der Waals surface area contributed by atoms with Crippen molar-refractivity contribution in [2.45, 2.75) is 50.7 Å². The molecule has 0 bridgehead atoms. The van der Waals surface area contributed by atoms with E-state index >= 15 is 0 Å². The van der Waals surface area contributed by atoms with Gasteiger partial charge in [0.05, 0.1) is 11.7 Å². The van der Waals surface area contributed by atoms with E-state index in [-0.39, 0.29) is 25.2 Å². The molecule has 1 saturated carbocycles. The summed E-state index contributed by atoms with van der Waals surface area (Å²) in [6, 6.07) is 3.98. The van der Waals surface area contributed by atoms with E-state index in [0.717, 1.165) is 43.6 Å². The number of rotatable bonds is 6. The molecule has 7 nitrogen and oxygen atoms in total. The maximum atomic E-state index is 12.1. The number of hydrogen-bond donors (Lipinski definition) is 1. The third-order valence-corrected chi connectivity index (χ3v) is 4.42. The van der Waals surface area contributed by atoms with Crippen molar-refractivity contribution in [3.05, 3.63) is 41.3 Å². The Hall–Kier alpha value is -2.28. The second kappa shape index (κ2) is 6.68. The van der Waals surface area contributed by atoms with E-state index in [0.29, 0.717) is 11.8 Å². The van der Waals surface area contributed by atoms with E-state index in [9.17, 15) is 4.79 Å². The molecule has 0 radical (unpaired) electrons. The number of aryl methyl sites for hydroxylation is 1. The molecule has 2 aromatic heterocycles. The van der Waals surface area contributed by atoms with Gasteiger partial charge in [-0.1, -0.05) is 11.2 Å². The van der Waals surface area contributed by atoms with E-state index < -0.39 is 0 Å². The van der Waals surface area contributed by atoms with Gasteiger partial charge in [0, 0.05) is 12.1 Å². The fraction of sp³-hybridized carbons (Fsp3) is 0.529. The van der Waals surface area contributed by atoms with Crippen molar-refractivity contribution in [3.8, 4) is 0 Å². The largest absolute Gasteiger partial charge is 0.362 e. The number of amides is 1. The average molecular weight is 328 g/mol. The van der Waals surface area contributed by atoms with Crippen LogP contribution in [0.2, 0.25) is 0 Å². The van der Waals surface area contributed by atoms with Crippen molar-refractivity contribution >= 4 is 5.91 Å². The summed E-state index contributed by atoms with van der Waals surface area (Å²) in [5.41, 5.74) is 2.19. The molecule has 0 spiro atoms. The van der Waals surface area contributed by atoms with Crippen LogP contribution in [0, 0.1) is 0 Å². The Labute approximate surface area is 139 Å². The van der Waals surface area contributed by atoms with E-state index in [1.165, 1.54) is 5.56 Å². The highest BCUT2D eigenvalue weighted by molar-refractivity contribution is 5.77. The van der Waals surface area contributed by atoms with Crippen molar-refractivity contribution in [2.75, 3.05) is 6.61 Å². The number of nitrogens with one attached hydrogen (secondary N) is 1. The summed E-state index contributed by atoms with van der Waals surface area (Å²) in [7, 11) is 0. The Morgan fingerprint density at radius 2 is 2.29 bits per heavy atom. The maximum Gasteiger partial charge on any atom is 0.252 e. The van der Waals surface area contributed by atoms with Crippen LogP contribution in [0.15, 0.2) is 22.9 Å². The molecule has 1 amide bonds. The van der Waals surface area contributed by atoms with Gasteiger partial charge < -0.3 is 14.6 Å². The molecule has 2 aliphatic rings. The van der Waals surface area contributed by atoms with Gasteiger partial charge in [-0.2, -0.15) is 4.98 Å². The lowest BCUT2D eigenvalue weighted by atomic mass is 9.92. The van der Waals surface area contributed by atoms with E-state index in [2.05, 4.69) is 26.5 Å². The second-order valence-electron chi connectivity index (χ2n) is 6.37. The molecule has 2 heterocycles. The topological polar surface area (TPSA) is 90.1 Å². The Bertz CT molecular complexity index is 726. The molecule has 1 fully saturated rings. The molecule has 4 rings (SSSR count). The van der Waals surface area contributed by atoms with Gasteiger partial charge in [0.25, 0.3) is 5.89 Å². The summed E-state index contributed by atoms with van der Waals surface area (Å²) in [5, 5.41) is 6.92. The lowest BCUT2D eigenvalue weighted by Gasteiger charge is -2.25. The molecule has 1 N–H and O–H groups in total. The summed E-state index contributed by atoms with van der Waals surface area (Å²) in [6.45, 7) is 0.131. The Morgan fingerprint density at radius 3 is 3.17 bits per heavy atom. The summed E-state index contributed by atoms with van der Waals surface area (Å²) in [5.74, 6) is 1.47. The van der Waals surface area contributed by atoms with Gasteiger partial charge in [0.2, 0.25) is 5.91 Å². The molecule has 0 unspecified atom stereocenters. The van der Waals surface area contributed by atoms with Gasteiger partial charge in [-0.25, -0.2) is 0 Å². The van der Waals surface area contributed by atoms with Gasteiger partial charge in [-0.3, -0.25) is 9.78 Å². The molecule has 0 aliphatic heterocycles. The van der Waals surface area contributed by atoms with Crippen LogP contribution in [-0.2, 0) is 22.6 Å². The first kappa shape index (κ1) is 15.3. The quantitative estimate of drug-likeness (QED) is 0.873. The highest BCUT2D eigenvalue weighted by Gasteiger charge is 2.28. The van der Waals surface area contributed by atoms with Gasteiger partial charge in [-0.15, -0.1) is 0 Å². The molecule has 0 saturated heterocycles. The number of aromatic nitrogens is 3. The minimum absolute atomic E-state index is 0.0280. The van der Waals surface area contributed by atoms with Gasteiger partial charge >= 0.3 is 0 Å². The van der Waals surface area contributed by atoms with Gasteiger partial charge in [0.15, 0.2) is 5.82 Å². The van der Waals surface area contributed by atoms with Crippen molar-refractivity contribution < 1.29 is 14.1 Å². The number of carbonyl (C=O) groups excluding carboxylic acids is 1. The molecule has 2 aliphatic carbocycles. The predicted molar refractivity (Wildman–Crippen MR) is 84.0 cm³/mol. The normalized spacial score (nSPS) is 19.8. The van der Waals surface area contributed by atoms with Crippen LogP contribution >= 0.6 is 0 Å². The number of carbonyl (C=O) groups is 1. The smallest absolute Gasteiger partial charge is 0.252 e. The summed E-state index contributed by atoms with van der Waals surface area (Å²) in [4.78, 5) is 20.8. The Morgan fingerprint density at radius 1 is 1.38 bits per heavy atom. The highest BCUT2D eigenvalue weighted by atomic mass is 16.5. The maximum absolute atomic E-state index is 12.1. The van der Waals surface area contributed by atoms with E-state index in [1.807, 2.05) is 6.07 Å². The minimum Gasteiger partial charge on any atom is -0.362 e. The zero-order valence-corrected chi connectivity index (χ0v) is 13.4. The van der Waals surface area contributed by atoms with Crippen LogP contribution in [0.4, 0.5) is 0 Å². The van der Waals surface area contributed by atoms with Crippen molar-refractivity contribution in [1.29, 1.82) is 0 Å².